The molecule has 2 unspecified atom stereocenters. The van der Waals surface area contributed by atoms with Crippen LogP contribution in [0.1, 0.15) is 53.4 Å². The van der Waals surface area contributed by atoms with E-state index in [2.05, 4.69) is 48.8 Å². The molecule has 0 aliphatic carbocycles. The van der Waals surface area contributed by atoms with Gasteiger partial charge in [0.1, 0.15) is 0 Å². The van der Waals surface area contributed by atoms with Crippen LogP contribution in [0.25, 0.3) is 0 Å². The van der Waals surface area contributed by atoms with Gasteiger partial charge in [-0.2, -0.15) is 0 Å². The summed E-state index contributed by atoms with van der Waals surface area (Å²) in [7, 11) is -6.35. The molecule has 192 valence electrons. The summed E-state index contributed by atoms with van der Waals surface area (Å²) >= 11 is 0. The van der Waals surface area contributed by atoms with Gasteiger partial charge in [-0.05, 0) is 64.2 Å². The first-order chi connectivity index (χ1) is 14.2. The van der Waals surface area contributed by atoms with Crippen LogP contribution in [0.2, 0.25) is 51.4 Å². The summed E-state index contributed by atoms with van der Waals surface area (Å²) in [6.07, 6.45) is 3.34. The van der Waals surface area contributed by atoms with Crippen molar-refractivity contribution in [3.63, 3.8) is 0 Å². The van der Waals surface area contributed by atoms with Crippen molar-refractivity contribution in [3.8, 4) is 0 Å². The number of hydrogen-bond donors (Lipinski definition) is 0. The zero-order chi connectivity index (χ0) is 23.4. The summed E-state index contributed by atoms with van der Waals surface area (Å²) in [6.45, 7) is 12.8. The molecule has 0 amide bonds. The van der Waals surface area contributed by atoms with Crippen molar-refractivity contribution in [1.29, 1.82) is 0 Å². The van der Waals surface area contributed by atoms with Crippen molar-refractivity contribution in [2.75, 3.05) is 0 Å². The number of esters is 4. The van der Waals surface area contributed by atoms with Crippen molar-refractivity contribution in [2.45, 2.75) is 105 Å². The number of rotatable bonds is 12. The van der Waals surface area contributed by atoms with Crippen LogP contribution < -0.4 is 0 Å². The first-order valence-electron chi connectivity index (χ1n) is 11.1. The van der Waals surface area contributed by atoms with E-state index in [4.69, 9.17) is 8.23 Å². The van der Waals surface area contributed by atoms with Gasteiger partial charge in [-0.1, -0.05) is 27.7 Å². The number of ether oxygens (including phenoxy) is 2. The summed E-state index contributed by atoms with van der Waals surface area (Å²) in [5.74, 6) is -2.25. The molecular weight excluding hydrogens is 476 g/mol. The van der Waals surface area contributed by atoms with Gasteiger partial charge >= 0.3 is 32.4 Å². The Morgan fingerprint density at radius 2 is 1.03 bits per heavy atom. The summed E-state index contributed by atoms with van der Waals surface area (Å²) in [5.41, 5.74) is 0. The molecule has 0 aromatic heterocycles. The van der Waals surface area contributed by atoms with Crippen LogP contribution in [0.4, 0.5) is 0 Å². The molecule has 2 atom stereocenters. The third-order valence-corrected chi connectivity index (χ3v) is 17.1. The molecule has 2 fully saturated rings. The Bertz CT molecular complexity index is 662. The van der Waals surface area contributed by atoms with E-state index in [9.17, 15) is 19.2 Å². The summed E-state index contributed by atoms with van der Waals surface area (Å²) in [5, 5.41) is 0. The minimum absolute atomic E-state index is 0. The lowest BCUT2D eigenvalue weighted by Gasteiger charge is -2.39. The van der Waals surface area contributed by atoms with Gasteiger partial charge in [-0.3, -0.25) is 19.2 Å². The predicted octanol–water partition coefficient (Wildman–Crippen LogP) is 5.14. The summed E-state index contributed by atoms with van der Waals surface area (Å²) < 4.78 is 22.4. The molecule has 11 heteroatoms. The fourth-order valence-electron chi connectivity index (χ4n) is 4.49. The van der Waals surface area contributed by atoms with Crippen molar-refractivity contribution >= 4 is 49.1 Å². The van der Waals surface area contributed by atoms with Gasteiger partial charge in [-0.15, -0.1) is 0 Å². The monoisotopic (exact) mass is 520 g/mol. The van der Waals surface area contributed by atoms with Crippen LogP contribution in [0.5, 0.6) is 0 Å². The summed E-state index contributed by atoms with van der Waals surface area (Å²) in [6, 6.07) is 1.79. The lowest BCUT2D eigenvalue weighted by atomic mass is 10.0. The smallest absolute Gasteiger partial charge is 0.317 e. The predicted molar refractivity (Wildman–Crippen MR) is 135 cm³/mol. The van der Waals surface area contributed by atoms with E-state index in [-0.39, 0.29) is 39.5 Å². The number of hydrogen-bond acceptors (Lipinski definition) is 8. The second-order valence-electron chi connectivity index (χ2n) is 10.3. The maximum absolute atomic E-state index is 11.6. The molecular formula is C22H44O8Si3. The highest BCUT2D eigenvalue weighted by Crippen LogP contribution is 2.30. The molecule has 0 N–H and O–H groups in total. The van der Waals surface area contributed by atoms with Gasteiger partial charge in [0.25, 0.3) is 0 Å². The minimum atomic E-state index is -2.35. The third-order valence-electron chi connectivity index (χ3n) is 5.63. The van der Waals surface area contributed by atoms with Crippen LogP contribution >= 0.6 is 0 Å². The molecule has 33 heavy (non-hydrogen) atoms. The molecule has 0 spiro atoms. The van der Waals surface area contributed by atoms with Crippen LogP contribution in [-0.4, -0.2) is 49.1 Å². The highest BCUT2D eigenvalue weighted by molar-refractivity contribution is 6.87. The first-order valence-corrected chi connectivity index (χ1v) is 20.1. The van der Waals surface area contributed by atoms with E-state index >= 15 is 0 Å². The lowest BCUT2D eigenvalue weighted by Crippen LogP contribution is -2.52. The Morgan fingerprint density at radius 3 is 1.30 bits per heavy atom. The topological polar surface area (TPSA) is 105 Å². The standard InChI is InChI=1S/C20H36O8Si3.2CH4/c1-29(2,11-7-9-15-13-17(21)25-19(15)23)27-31(5,6)28-30(3,4)12-8-10-16-14-18(22)26-20(16)24;;/h15-16H,7-14H2,1-6H3;2*1H4. The molecule has 0 aromatic carbocycles. The maximum Gasteiger partial charge on any atom is 0.317 e. The van der Waals surface area contributed by atoms with Gasteiger partial charge in [0.05, 0.1) is 24.7 Å². The Labute approximate surface area is 202 Å². The molecule has 2 aliphatic heterocycles. The van der Waals surface area contributed by atoms with E-state index in [0.717, 1.165) is 24.9 Å². The first kappa shape index (κ1) is 31.9. The Hall–Kier alpha value is -1.15. The zero-order valence-corrected chi connectivity index (χ0v) is 22.6. The summed E-state index contributed by atoms with van der Waals surface area (Å²) in [4.78, 5) is 45.7. The Balaban J connectivity index is 0.00000512. The quantitative estimate of drug-likeness (QED) is 0.198. The van der Waals surface area contributed by atoms with Gasteiger partial charge in [0, 0.05) is 0 Å². The molecule has 2 aliphatic rings. The maximum atomic E-state index is 11.6. The van der Waals surface area contributed by atoms with E-state index in [1.165, 1.54) is 0 Å². The number of carbonyl (C=O) groups excluding carboxylic acids is 4. The molecule has 2 rings (SSSR count). The van der Waals surface area contributed by atoms with Crippen molar-refractivity contribution in [1.82, 2.24) is 0 Å². The molecule has 0 saturated carbocycles. The van der Waals surface area contributed by atoms with Gasteiger partial charge in [-0.25, -0.2) is 0 Å². The number of carbonyl (C=O) groups is 4. The van der Waals surface area contributed by atoms with Crippen LogP contribution in [0, 0.1) is 11.8 Å². The SMILES string of the molecule is C.C.C[Si](C)(CCCC1CC(=O)OC1=O)O[Si](C)(C)O[Si](C)(C)CCCC1CC(=O)OC1=O. The van der Waals surface area contributed by atoms with Gasteiger partial charge < -0.3 is 17.7 Å². The average Bonchev–Trinajstić information content (AvgIpc) is 3.05. The molecule has 0 aromatic rings. The van der Waals surface area contributed by atoms with E-state index in [1.807, 2.05) is 0 Å². The second-order valence-corrected chi connectivity index (χ2v) is 22.8. The van der Waals surface area contributed by atoms with Gasteiger partial charge in [0.15, 0.2) is 16.6 Å². The van der Waals surface area contributed by atoms with E-state index < -0.39 is 49.1 Å². The van der Waals surface area contributed by atoms with Crippen LogP contribution in [-0.2, 0) is 36.9 Å². The Morgan fingerprint density at radius 1 is 0.697 bits per heavy atom. The molecule has 2 saturated heterocycles. The molecule has 2 heterocycles. The van der Waals surface area contributed by atoms with E-state index in [0.29, 0.717) is 12.8 Å². The van der Waals surface area contributed by atoms with Crippen molar-refractivity contribution in [2.24, 2.45) is 11.8 Å². The highest BCUT2D eigenvalue weighted by atomic mass is 28.5. The van der Waals surface area contributed by atoms with Gasteiger partial charge in [0.2, 0.25) is 0 Å². The molecule has 0 bridgehead atoms. The normalized spacial score (nSPS) is 21.4. The Kier molecular flexibility index (Phi) is 12.1. The third kappa shape index (κ3) is 10.8. The van der Waals surface area contributed by atoms with Crippen molar-refractivity contribution in [3.05, 3.63) is 0 Å². The lowest BCUT2D eigenvalue weighted by molar-refractivity contribution is -0.155. The highest BCUT2D eigenvalue weighted by Gasteiger charge is 2.40. The zero-order valence-electron chi connectivity index (χ0n) is 19.6. The van der Waals surface area contributed by atoms with E-state index in [1.54, 1.807) is 0 Å². The van der Waals surface area contributed by atoms with Crippen LogP contribution in [0.3, 0.4) is 0 Å². The second kappa shape index (κ2) is 12.5. The largest absolute Gasteiger partial charge is 0.437 e. The van der Waals surface area contributed by atoms with Crippen molar-refractivity contribution < 1.29 is 36.9 Å². The molecule has 0 radical (unpaired) electrons. The molecule has 8 nitrogen and oxygen atoms in total. The number of cyclic esters (lactones) is 4. The van der Waals surface area contributed by atoms with Crippen LogP contribution in [0.15, 0.2) is 0 Å². The minimum Gasteiger partial charge on any atom is -0.437 e. The fourth-order valence-corrected chi connectivity index (χ4v) is 18.6. The average molecular weight is 521 g/mol. The fraction of sp³-hybridized carbons (Fsp3) is 0.818.